The van der Waals surface area contributed by atoms with Crippen LogP contribution in [0.2, 0.25) is 20.1 Å². The minimum Gasteiger partial charge on any atom is -0.491 e. The first-order valence-corrected chi connectivity index (χ1v) is 22.2. The Morgan fingerprint density at radius 1 is 0.550 bits per heavy atom. The molecule has 0 aromatic heterocycles. The van der Waals surface area contributed by atoms with Crippen LogP contribution in [0, 0.1) is 0 Å². The van der Waals surface area contributed by atoms with Crippen LogP contribution in [0.5, 0.6) is 11.5 Å². The second-order valence-corrected chi connectivity index (χ2v) is 17.7. The molecule has 3 aliphatic heterocycles. The number of cyclic esters (lactones) is 1. The zero-order valence-electron chi connectivity index (χ0n) is 34.2. The minimum absolute atomic E-state index is 0.00380. The molecule has 10 heteroatoms. The van der Waals surface area contributed by atoms with Crippen LogP contribution in [0.15, 0.2) is 109 Å². The molecule has 0 amide bonds. The van der Waals surface area contributed by atoms with Gasteiger partial charge in [0.2, 0.25) is 0 Å². The summed E-state index contributed by atoms with van der Waals surface area (Å²) in [4.78, 5) is 19.1. The summed E-state index contributed by atoms with van der Waals surface area (Å²) >= 11 is 27.6. The van der Waals surface area contributed by atoms with E-state index in [-0.39, 0.29) is 37.9 Å². The molecular formula is C50H48Cl4N2O4. The van der Waals surface area contributed by atoms with E-state index in [2.05, 4.69) is 58.3 Å². The predicted molar refractivity (Wildman–Crippen MR) is 248 cm³/mol. The molecule has 60 heavy (non-hydrogen) atoms. The molecule has 5 aromatic carbocycles. The SMILES string of the molecule is CC(C)Oc1ccc(C(=CC2(C=C(c3ccc(OC(C)C)cc3)c3ccc(N4CCCC4)cc3)OC(=O)c3c(Cl)c(Cl)c(Cl)c(Cl)c32)c2ccc(N3CCCC3)cc2)cc1. The Kier molecular flexibility index (Phi) is 12.5. The lowest BCUT2D eigenvalue weighted by Crippen LogP contribution is -2.23. The third-order valence-corrected chi connectivity index (χ3v) is 13.0. The van der Waals surface area contributed by atoms with Crippen molar-refractivity contribution in [2.75, 3.05) is 36.0 Å². The van der Waals surface area contributed by atoms with Crippen molar-refractivity contribution in [3.8, 4) is 11.5 Å². The molecule has 0 spiro atoms. The molecule has 310 valence electrons. The van der Waals surface area contributed by atoms with Gasteiger partial charge in [-0.15, -0.1) is 0 Å². The summed E-state index contributed by atoms with van der Waals surface area (Å²) in [6, 6.07) is 32.9. The highest BCUT2D eigenvalue weighted by atomic mass is 35.5. The van der Waals surface area contributed by atoms with Crippen molar-refractivity contribution in [3.63, 3.8) is 0 Å². The number of fused-ring (bicyclic) bond motifs is 1. The molecule has 0 bridgehead atoms. The van der Waals surface area contributed by atoms with Gasteiger partial charge in [0, 0.05) is 43.1 Å². The van der Waals surface area contributed by atoms with Crippen LogP contribution in [-0.2, 0) is 10.3 Å². The summed E-state index contributed by atoms with van der Waals surface area (Å²) in [6.45, 7) is 12.1. The molecule has 5 aromatic rings. The molecule has 6 nitrogen and oxygen atoms in total. The number of hydrogen-bond donors (Lipinski definition) is 0. The Morgan fingerprint density at radius 2 is 0.900 bits per heavy atom. The molecule has 0 aliphatic carbocycles. The van der Waals surface area contributed by atoms with Gasteiger partial charge in [0.1, 0.15) is 11.5 Å². The van der Waals surface area contributed by atoms with Crippen LogP contribution in [0.4, 0.5) is 11.4 Å². The van der Waals surface area contributed by atoms with Crippen molar-refractivity contribution in [3.05, 3.63) is 163 Å². The highest BCUT2D eigenvalue weighted by Gasteiger charge is 2.48. The van der Waals surface area contributed by atoms with Gasteiger partial charge in [-0.2, -0.15) is 0 Å². The van der Waals surface area contributed by atoms with Gasteiger partial charge in [-0.1, -0.05) is 94.9 Å². The molecular weight excluding hydrogens is 834 g/mol. The van der Waals surface area contributed by atoms with Gasteiger partial charge in [0.25, 0.3) is 0 Å². The highest BCUT2D eigenvalue weighted by molar-refractivity contribution is 6.53. The van der Waals surface area contributed by atoms with Gasteiger partial charge in [0.15, 0.2) is 5.60 Å². The normalized spacial score (nSPS) is 18.1. The molecule has 0 atom stereocenters. The lowest BCUT2D eigenvalue weighted by molar-refractivity contribution is 0.0300. The second-order valence-electron chi connectivity index (χ2n) is 16.2. The number of benzene rings is 5. The summed E-state index contributed by atoms with van der Waals surface area (Å²) in [7, 11) is 0. The molecule has 0 saturated carbocycles. The first-order valence-electron chi connectivity index (χ1n) is 20.7. The van der Waals surface area contributed by atoms with Gasteiger partial charge < -0.3 is 24.0 Å². The Bertz CT molecular complexity index is 2290. The minimum atomic E-state index is -1.63. The van der Waals surface area contributed by atoms with Gasteiger partial charge in [0.05, 0.1) is 37.9 Å². The van der Waals surface area contributed by atoms with E-state index in [1.807, 2.05) is 88.4 Å². The Balaban J connectivity index is 1.39. The van der Waals surface area contributed by atoms with Crippen molar-refractivity contribution < 1.29 is 19.0 Å². The molecule has 3 heterocycles. The maximum absolute atomic E-state index is 14.3. The van der Waals surface area contributed by atoms with Crippen molar-refractivity contribution in [1.29, 1.82) is 0 Å². The molecule has 0 radical (unpaired) electrons. The second kappa shape index (κ2) is 17.8. The van der Waals surface area contributed by atoms with E-state index in [0.29, 0.717) is 5.56 Å². The van der Waals surface area contributed by atoms with Crippen molar-refractivity contribution >= 4 is 74.9 Å². The van der Waals surface area contributed by atoms with Gasteiger partial charge in [-0.3, -0.25) is 0 Å². The molecule has 0 unspecified atom stereocenters. The van der Waals surface area contributed by atoms with E-state index < -0.39 is 11.6 Å². The first kappa shape index (κ1) is 42.1. The maximum atomic E-state index is 14.3. The van der Waals surface area contributed by atoms with E-state index in [0.717, 1.165) is 82.5 Å². The monoisotopic (exact) mass is 880 g/mol. The van der Waals surface area contributed by atoms with Crippen molar-refractivity contribution in [2.45, 2.75) is 71.2 Å². The summed E-state index contributed by atoms with van der Waals surface area (Å²) in [5.41, 5.74) is 6.18. The number of rotatable bonds is 12. The largest absolute Gasteiger partial charge is 0.491 e. The zero-order valence-corrected chi connectivity index (χ0v) is 37.3. The van der Waals surface area contributed by atoms with Crippen LogP contribution < -0.4 is 19.3 Å². The third-order valence-electron chi connectivity index (χ3n) is 11.2. The Hall–Kier alpha value is -4.59. The molecule has 2 fully saturated rings. The van der Waals surface area contributed by atoms with E-state index >= 15 is 0 Å². The number of halogens is 4. The number of carbonyl (C=O) groups is 1. The van der Waals surface area contributed by atoms with E-state index in [1.165, 1.54) is 25.7 Å². The Labute approximate surface area is 373 Å². The predicted octanol–water partition coefficient (Wildman–Crippen LogP) is 13.7. The molecule has 0 N–H and O–H groups in total. The van der Waals surface area contributed by atoms with Crippen LogP contribution >= 0.6 is 46.4 Å². The third kappa shape index (κ3) is 8.63. The number of nitrogens with zero attached hydrogens (tertiary/aromatic N) is 2. The maximum Gasteiger partial charge on any atom is 0.341 e. The smallest absolute Gasteiger partial charge is 0.341 e. The number of esters is 1. The topological polar surface area (TPSA) is 51.2 Å². The average molecular weight is 883 g/mol. The fourth-order valence-corrected chi connectivity index (χ4v) is 9.49. The fraction of sp³-hybridized carbons (Fsp3) is 0.300. The quantitative estimate of drug-likeness (QED) is 0.0707. The van der Waals surface area contributed by atoms with Crippen LogP contribution in [-0.4, -0.2) is 44.4 Å². The number of hydrogen-bond acceptors (Lipinski definition) is 6. The molecule has 8 rings (SSSR count). The first-order chi connectivity index (χ1) is 28.9. The summed E-state index contributed by atoms with van der Waals surface area (Å²) in [5.74, 6) is 0.813. The van der Waals surface area contributed by atoms with Gasteiger partial charge >= 0.3 is 5.97 Å². The van der Waals surface area contributed by atoms with Gasteiger partial charge in [-0.05, 0) is 147 Å². The number of anilines is 2. The van der Waals surface area contributed by atoms with E-state index in [4.69, 9.17) is 60.6 Å². The van der Waals surface area contributed by atoms with Crippen molar-refractivity contribution in [1.82, 2.24) is 0 Å². The van der Waals surface area contributed by atoms with E-state index in [9.17, 15) is 4.79 Å². The lowest BCUT2D eigenvalue weighted by atomic mass is 9.83. The van der Waals surface area contributed by atoms with Crippen LogP contribution in [0.3, 0.4) is 0 Å². The van der Waals surface area contributed by atoms with Crippen molar-refractivity contribution in [2.24, 2.45) is 0 Å². The molecule has 2 saturated heterocycles. The summed E-state index contributed by atoms with van der Waals surface area (Å²) < 4.78 is 18.7. The van der Waals surface area contributed by atoms with Gasteiger partial charge in [-0.25, -0.2) is 4.79 Å². The standard InChI is InChI=1S/C50H48Cl4N2O4/c1-31(2)58-39-21-13-35(14-22-39)41(33-9-17-37(18-10-33)55-25-5-6-26-55)29-50(44-43(49(57)60-50)45(51)47(53)48(54)46(44)52)30-42(36-15-23-40(24-16-36)59-32(3)4)34-11-19-38(20-12-34)56-27-7-8-28-56/h9-24,29-32H,5-8,25-28H2,1-4H3. The average Bonchev–Trinajstić information content (AvgIpc) is 4.04. The lowest BCUT2D eigenvalue weighted by Gasteiger charge is -2.28. The fourth-order valence-electron chi connectivity index (χ4n) is 8.41. The Morgan fingerprint density at radius 3 is 1.27 bits per heavy atom. The summed E-state index contributed by atoms with van der Waals surface area (Å²) in [6.07, 6.45) is 8.61. The number of ether oxygens (including phenoxy) is 3. The summed E-state index contributed by atoms with van der Waals surface area (Å²) in [5, 5.41) is 0.0751. The van der Waals surface area contributed by atoms with E-state index in [1.54, 1.807) is 0 Å². The van der Waals surface area contributed by atoms with Crippen LogP contribution in [0.1, 0.15) is 91.6 Å². The zero-order chi connectivity index (χ0) is 42.1. The highest BCUT2D eigenvalue weighted by Crippen LogP contribution is 2.54. The molecule has 3 aliphatic rings. The van der Waals surface area contributed by atoms with Crippen LogP contribution in [0.25, 0.3) is 11.1 Å². The number of carbonyl (C=O) groups excluding carboxylic acids is 1.